The Labute approximate surface area is 220 Å². The molecule has 0 amide bonds. The number of likely N-dealkylation sites (tertiary alicyclic amines) is 1. The first-order valence-corrected chi connectivity index (χ1v) is 14.4. The van der Waals surface area contributed by atoms with Crippen LogP contribution in [0.1, 0.15) is 30.6 Å². The number of ether oxygens (including phenoxy) is 2. The third-order valence-electron chi connectivity index (χ3n) is 8.01. The molecule has 10 heteroatoms. The molecule has 194 valence electrons. The molecular formula is C27H33N7O2S. The van der Waals surface area contributed by atoms with Crippen LogP contribution in [0.5, 0.6) is 0 Å². The van der Waals surface area contributed by atoms with E-state index in [9.17, 15) is 0 Å². The molecule has 3 aromatic heterocycles. The third kappa shape index (κ3) is 4.39. The fourth-order valence-corrected chi connectivity index (χ4v) is 6.92. The van der Waals surface area contributed by atoms with Gasteiger partial charge in [0.2, 0.25) is 5.95 Å². The lowest BCUT2D eigenvalue weighted by molar-refractivity contribution is -0.0104. The Bertz CT molecular complexity index is 1400. The molecule has 0 saturated carbocycles. The Morgan fingerprint density at radius 2 is 1.70 bits per heavy atom. The number of fused-ring (bicyclic) bond motifs is 2. The fourth-order valence-electron chi connectivity index (χ4n) is 5.96. The highest BCUT2D eigenvalue weighted by molar-refractivity contribution is 7.18. The van der Waals surface area contributed by atoms with Gasteiger partial charge in [-0.05, 0) is 36.8 Å². The van der Waals surface area contributed by atoms with Gasteiger partial charge in [0, 0.05) is 45.8 Å². The van der Waals surface area contributed by atoms with Gasteiger partial charge in [-0.2, -0.15) is 9.97 Å². The normalized spacial score (nSPS) is 20.2. The number of morpholine rings is 1. The lowest BCUT2D eigenvalue weighted by atomic mass is 9.81. The molecule has 3 aliphatic heterocycles. The van der Waals surface area contributed by atoms with Crippen molar-refractivity contribution >= 4 is 38.5 Å². The molecule has 3 aliphatic rings. The van der Waals surface area contributed by atoms with Gasteiger partial charge in [-0.15, -0.1) is 0 Å². The summed E-state index contributed by atoms with van der Waals surface area (Å²) < 4.78 is 13.3. The Morgan fingerprint density at radius 1 is 0.919 bits per heavy atom. The van der Waals surface area contributed by atoms with Gasteiger partial charge in [-0.3, -0.25) is 9.47 Å². The SMILES string of the molecule is CCc1nc2ccccc2n1-c1nc(N2CCOCC2)c2nc(CN3CC(C4CCOCC4)C3)sc2n1. The van der Waals surface area contributed by atoms with E-state index < -0.39 is 0 Å². The van der Waals surface area contributed by atoms with Crippen LogP contribution in [0.15, 0.2) is 24.3 Å². The zero-order valence-corrected chi connectivity index (χ0v) is 22.1. The van der Waals surface area contributed by atoms with E-state index >= 15 is 0 Å². The Hall–Kier alpha value is -2.66. The van der Waals surface area contributed by atoms with E-state index in [-0.39, 0.29) is 0 Å². The first kappa shape index (κ1) is 23.5. The van der Waals surface area contributed by atoms with Crippen molar-refractivity contribution in [3.05, 3.63) is 35.1 Å². The number of anilines is 1. The number of aryl methyl sites for hydroxylation is 1. The largest absolute Gasteiger partial charge is 0.381 e. The summed E-state index contributed by atoms with van der Waals surface area (Å²) in [4.78, 5) is 25.9. The second-order valence-electron chi connectivity index (χ2n) is 10.3. The van der Waals surface area contributed by atoms with E-state index in [4.69, 9.17) is 29.4 Å². The third-order valence-corrected chi connectivity index (χ3v) is 8.94. The lowest BCUT2D eigenvalue weighted by Gasteiger charge is -2.44. The molecule has 0 N–H and O–H groups in total. The van der Waals surface area contributed by atoms with E-state index in [0.717, 1.165) is 102 Å². The van der Waals surface area contributed by atoms with Crippen molar-refractivity contribution in [2.75, 3.05) is 57.5 Å². The minimum atomic E-state index is 0.679. The van der Waals surface area contributed by atoms with Crippen LogP contribution in [0.25, 0.3) is 27.3 Å². The Balaban J connectivity index is 1.23. The number of nitrogens with zero attached hydrogens (tertiary/aromatic N) is 7. The quantitative estimate of drug-likeness (QED) is 0.382. The summed E-state index contributed by atoms with van der Waals surface area (Å²) in [5, 5.41) is 1.12. The summed E-state index contributed by atoms with van der Waals surface area (Å²) in [6.45, 7) is 10.2. The van der Waals surface area contributed by atoms with Crippen molar-refractivity contribution in [2.24, 2.45) is 11.8 Å². The second-order valence-corrected chi connectivity index (χ2v) is 11.4. The van der Waals surface area contributed by atoms with Crippen molar-refractivity contribution < 1.29 is 9.47 Å². The Kier molecular flexibility index (Phi) is 6.28. The molecule has 37 heavy (non-hydrogen) atoms. The zero-order chi connectivity index (χ0) is 24.8. The topological polar surface area (TPSA) is 81.4 Å². The number of rotatable bonds is 6. The van der Waals surface area contributed by atoms with Crippen LogP contribution in [0.3, 0.4) is 0 Å². The van der Waals surface area contributed by atoms with Crippen LogP contribution in [0, 0.1) is 11.8 Å². The summed E-state index contributed by atoms with van der Waals surface area (Å²) >= 11 is 1.70. The minimum absolute atomic E-state index is 0.679. The predicted octanol–water partition coefficient (Wildman–Crippen LogP) is 3.68. The van der Waals surface area contributed by atoms with E-state index in [1.165, 1.54) is 12.8 Å². The maximum absolute atomic E-state index is 5.64. The molecule has 1 aromatic carbocycles. The maximum atomic E-state index is 5.64. The molecule has 0 bridgehead atoms. The maximum Gasteiger partial charge on any atom is 0.239 e. The van der Waals surface area contributed by atoms with E-state index in [1.807, 2.05) is 12.1 Å². The van der Waals surface area contributed by atoms with Gasteiger partial charge in [0.1, 0.15) is 16.3 Å². The van der Waals surface area contributed by atoms with Crippen molar-refractivity contribution in [1.29, 1.82) is 0 Å². The van der Waals surface area contributed by atoms with Crippen LogP contribution < -0.4 is 4.90 Å². The highest BCUT2D eigenvalue weighted by Gasteiger charge is 2.34. The highest BCUT2D eigenvalue weighted by atomic mass is 32.1. The molecule has 6 heterocycles. The molecule has 0 spiro atoms. The summed E-state index contributed by atoms with van der Waals surface area (Å²) in [6.07, 6.45) is 3.23. The van der Waals surface area contributed by atoms with E-state index in [2.05, 4.69) is 33.4 Å². The summed E-state index contributed by atoms with van der Waals surface area (Å²) in [7, 11) is 0. The van der Waals surface area contributed by atoms with Crippen LogP contribution in [0.2, 0.25) is 0 Å². The van der Waals surface area contributed by atoms with E-state index in [1.54, 1.807) is 11.3 Å². The van der Waals surface area contributed by atoms with Crippen LogP contribution in [-0.4, -0.2) is 82.0 Å². The fraction of sp³-hybridized carbons (Fsp3) is 0.556. The average molecular weight is 520 g/mol. The number of imidazole rings is 1. The van der Waals surface area contributed by atoms with Crippen molar-refractivity contribution in [1.82, 2.24) is 29.4 Å². The number of thiazole rings is 1. The standard InChI is InChI=1S/C27H33N7O2S/c1-2-22-28-20-5-3-4-6-21(20)34(22)27-30-25(33-9-13-36-14-10-33)24-26(31-27)37-23(29-24)17-32-15-19(16-32)18-7-11-35-12-8-18/h3-6,18-19H,2,7-17H2,1H3. The Morgan fingerprint density at radius 3 is 2.51 bits per heavy atom. The number of hydrogen-bond donors (Lipinski definition) is 0. The molecule has 7 rings (SSSR count). The van der Waals surface area contributed by atoms with Crippen molar-refractivity contribution in [3.8, 4) is 5.95 Å². The molecule has 0 radical (unpaired) electrons. The van der Waals surface area contributed by atoms with Gasteiger partial charge in [-0.25, -0.2) is 9.97 Å². The first-order valence-electron chi connectivity index (χ1n) is 13.5. The van der Waals surface area contributed by atoms with E-state index in [0.29, 0.717) is 19.2 Å². The summed E-state index contributed by atoms with van der Waals surface area (Å²) in [5.41, 5.74) is 2.92. The van der Waals surface area contributed by atoms with Gasteiger partial charge in [0.15, 0.2) is 10.6 Å². The van der Waals surface area contributed by atoms with Crippen LogP contribution in [-0.2, 0) is 22.4 Å². The molecule has 0 atom stereocenters. The van der Waals surface area contributed by atoms with Gasteiger partial charge in [0.25, 0.3) is 0 Å². The molecular weight excluding hydrogens is 486 g/mol. The van der Waals surface area contributed by atoms with Crippen LogP contribution >= 0.6 is 11.3 Å². The van der Waals surface area contributed by atoms with Gasteiger partial charge in [-0.1, -0.05) is 30.4 Å². The predicted molar refractivity (Wildman–Crippen MR) is 145 cm³/mol. The number of para-hydroxylation sites is 2. The number of benzene rings is 1. The van der Waals surface area contributed by atoms with Crippen molar-refractivity contribution in [2.45, 2.75) is 32.7 Å². The molecule has 3 saturated heterocycles. The molecule has 4 aromatic rings. The number of hydrogen-bond acceptors (Lipinski definition) is 9. The molecule has 9 nitrogen and oxygen atoms in total. The highest BCUT2D eigenvalue weighted by Crippen LogP contribution is 2.35. The molecule has 0 aliphatic carbocycles. The summed E-state index contributed by atoms with van der Waals surface area (Å²) in [6, 6.07) is 8.23. The monoisotopic (exact) mass is 519 g/mol. The van der Waals surface area contributed by atoms with Crippen molar-refractivity contribution in [3.63, 3.8) is 0 Å². The average Bonchev–Trinajstić information content (AvgIpc) is 3.51. The van der Waals surface area contributed by atoms with Crippen LogP contribution in [0.4, 0.5) is 5.82 Å². The van der Waals surface area contributed by atoms with Gasteiger partial charge in [0.05, 0.1) is 30.8 Å². The zero-order valence-electron chi connectivity index (χ0n) is 21.3. The lowest BCUT2D eigenvalue weighted by Crippen LogP contribution is -2.50. The molecule has 3 fully saturated rings. The smallest absolute Gasteiger partial charge is 0.239 e. The second kappa shape index (κ2) is 9.90. The molecule has 0 unspecified atom stereocenters. The number of aromatic nitrogens is 5. The first-order chi connectivity index (χ1) is 18.3. The van der Waals surface area contributed by atoms with Gasteiger partial charge < -0.3 is 14.4 Å². The summed E-state index contributed by atoms with van der Waals surface area (Å²) in [5.74, 6) is 4.18. The minimum Gasteiger partial charge on any atom is -0.381 e. The van der Waals surface area contributed by atoms with Gasteiger partial charge >= 0.3 is 0 Å².